The zero-order chi connectivity index (χ0) is 13.8. The molecular formula is C13H14F3NO. The van der Waals surface area contributed by atoms with Gasteiger partial charge in [-0.3, -0.25) is 4.79 Å². The van der Waals surface area contributed by atoms with Crippen LogP contribution < -0.4 is 5.32 Å². The van der Waals surface area contributed by atoms with E-state index < -0.39 is 17.6 Å². The first kappa shape index (κ1) is 14.3. The highest BCUT2D eigenvalue weighted by Crippen LogP contribution is 2.30. The molecule has 1 N–H and O–H groups in total. The summed E-state index contributed by atoms with van der Waals surface area (Å²) >= 11 is 0. The third-order valence-electron chi connectivity index (χ3n) is 2.09. The minimum atomic E-state index is -4.41. The average Bonchev–Trinajstić information content (AvgIpc) is 2.25. The van der Waals surface area contributed by atoms with E-state index in [1.54, 1.807) is 6.08 Å². The second kappa shape index (κ2) is 5.71. The Labute approximate surface area is 104 Å². The number of hydrogen-bond acceptors (Lipinski definition) is 1. The van der Waals surface area contributed by atoms with Crippen LogP contribution in [0.15, 0.2) is 36.4 Å². The Bertz CT molecular complexity index is 450. The molecule has 0 heterocycles. The van der Waals surface area contributed by atoms with Crippen molar-refractivity contribution in [1.29, 1.82) is 0 Å². The van der Waals surface area contributed by atoms with Gasteiger partial charge in [-0.1, -0.05) is 26.0 Å². The highest BCUT2D eigenvalue weighted by Gasteiger charge is 2.30. The van der Waals surface area contributed by atoms with E-state index >= 15 is 0 Å². The Hall–Kier alpha value is -1.78. The van der Waals surface area contributed by atoms with Crippen LogP contribution in [0.4, 0.5) is 18.9 Å². The van der Waals surface area contributed by atoms with Crippen LogP contribution in [0.2, 0.25) is 0 Å². The highest BCUT2D eigenvalue weighted by molar-refractivity contribution is 5.99. The molecule has 0 aromatic heterocycles. The van der Waals surface area contributed by atoms with Crippen LogP contribution in [0.25, 0.3) is 0 Å². The van der Waals surface area contributed by atoms with Gasteiger partial charge in [0.15, 0.2) is 0 Å². The lowest BCUT2D eigenvalue weighted by Crippen LogP contribution is -2.10. The van der Waals surface area contributed by atoms with Gasteiger partial charge in [0.1, 0.15) is 0 Å². The number of halogens is 3. The van der Waals surface area contributed by atoms with Crippen LogP contribution in [0.1, 0.15) is 19.4 Å². The monoisotopic (exact) mass is 257 g/mol. The molecular weight excluding hydrogens is 243 g/mol. The molecule has 98 valence electrons. The van der Waals surface area contributed by atoms with Gasteiger partial charge >= 0.3 is 6.18 Å². The van der Waals surface area contributed by atoms with Crippen LogP contribution in [-0.4, -0.2) is 5.91 Å². The number of carbonyl (C=O) groups excluding carboxylic acids is 1. The second-order valence-corrected chi connectivity index (χ2v) is 4.17. The summed E-state index contributed by atoms with van der Waals surface area (Å²) in [5.74, 6) is -0.236. The molecule has 5 heteroatoms. The third kappa shape index (κ3) is 4.61. The molecule has 0 aliphatic rings. The van der Waals surface area contributed by atoms with Crippen molar-refractivity contribution in [3.8, 4) is 0 Å². The summed E-state index contributed by atoms with van der Waals surface area (Å²) in [5.41, 5.74) is -0.656. The van der Waals surface area contributed by atoms with Gasteiger partial charge in [-0.25, -0.2) is 0 Å². The van der Waals surface area contributed by atoms with Crippen molar-refractivity contribution in [2.45, 2.75) is 20.0 Å². The third-order valence-corrected chi connectivity index (χ3v) is 2.09. The van der Waals surface area contributed by atoms with Crippen molar-refractivity contribution in [3.63, 3.8) is 0 Å². The van der Waals surface area contributed by atoms with Gasteiger partial charge < -0.3 is 5.32 Å². The topological polar surface area (TPSA) is 29.1 Å². The minimum Gasteiger partial charge on any atom is -0.323 e. The standard InChI is InChI=1S/C13H14F3NO/c1-9(2)6-7-12(18)17-11-5-3-4-10(8-11)13(14,15)16/h3-9H,1-2H3,(H,17,18)/b7-6+. The number of nitrogens with one attached hydrogen (secondary N) is 1. The predicted octanol–water partition coefficient (Wildman–Crippen LogP) is 3.86. The number of benzene rings is 1. The van der Waals surface area contributed by atoms with E-state index in [1.807, 2.05) is 13.8 Å². The summed E-state index contributed by atoms with van der Waals surface area (Å²) in [6.45, 7) is 3.79. The van der Waals surface area contributed by atoms with Crippen LogP contribution in [0.3, 0.4) is 0 Å². The molecule has 0 saturated heterocycles. The van der Waals surface area contributed by atoms with Crippen LogP contribution in [-0.2, 0) is 11.0 Å². The summed E-state index contributed by atoms with van der Waals surface area (Å²) in [6, 6.07) is 4.53. The Kier molecular flexibility index (Phi) is 4.53. The molecule has 0 unspecified atom stereocenters. The number of carbonyl (C=O) groups is 1. The number of anilines is 1. The fourth-order valence-corrected chi connectivity index (χ4v) is 1.24. The quantitative estimate of drug-likeness (QED) is 0.818. The SMILES string of the molecule is CC(C)/C=C/C(=O)Nc1cccc(C(F)(F)F)c1. The van der Waals surface area contributed by atoms with Gasteiger partial charge in [0, 0.05) is 5.69 Å². The van der Waals surface area contributed by atoms with Crippen molar-refractivity contribution in [3.05, 3.63) is 42.0 Å². The lowest BCUT2D eigenvalue weighted by atomic mass is 10.2. The van der Waals surface area contributed by atoms with Gasteiger partial charge in [-0.05, 0) is 30.2 Å². The van der Waals surface area contributed by atoms with E-state index in [4.69, 9.17) is 0 Å². The van der Waals surface area contributed by atoms with Gasteiger partial charge in [-0.2, -0.15) is 13.2 Å². The fourth-order valence-electron chi connectivity index (χ4n) is 1.24. The summed E-state index contributed by atoms with van der Waals surface area (Å²) in [6.07, 6.45) is -1.43. The van der Waals surface area contributed by atoms with Crippen LogP contribution in [0.5, 0.6) is 0 Å². The maximum atomic E-state index is 12.4. The van der Waals surface area contributed by atoms with Gasteiger partial charge in [0.25, 0.3) is 0 Å². The maximum Gasteiger partial charge on any atom is 0.416 e. The molecule has 0 radical (unpaired) electrons. The molecule has 0 bridgehead atoms. The van der Waals surface area contributed by atoms with E-state index in [0.29, 0.717) is 0 Å². The highest BCUT2D eigenvalue weighted by atomic mass is 19.4. The summed E-state index contributed by atoms with van der Waals surface area (Å²) in [7, 11) is 0. The summed E-state index contributed by atoms with van der Waals surface area (Å²) < 4.78 is 37.3. The molecule has 0 spiro atoms. The molecule has 0 saturated carbocycles. The molecule has 0 fully saturated rings. The average molecular weight is 257 g/mol. The first-order chi connectivity index (χ1) is 8.29. The van der Waals surface area contributed by atoms with Crippen molar-refractivity contribution in [1.82, 2.24) is 0 Å². The Morgan fingerprint density at radius 1 is 1.33 bits per heavy atom. The maximum absolute atomic E-state index is 12.4. The van der Waals surface area contributed by atoms with Gasteiger partial charge in [0.05, 0.1) is 5.56 Å². The number of alkyl halides is 3. The molecule has 1 amide bonds. The second-order valence-electron chi connectivity index (χ2n) is 4.17. The number of rotatable bonds is 3. The van der Waals surface area contributed by atoms with Gasteiger partial charge in [0.2, 0.25) is 5.91 Å². The first-order valence-electron chi connectivity index (χ1n) is 5.45. The van der Waals surface area contributed by atoms with Crippen LogP contribution in [0, 0.1) is 5.92 Å². The summed E-state index contributed by atoms with van der Waals surface area (Å²) in [4.78, 5) is 11.4. The van der Waals surface area contributed by atoms with Crippen LogP contribution >= 0.6 is 0 Å². The molecule has 1 aromatic rings. The van der Waals surface area contributed by atoms with E-state index in [1.165, 1.54) is 18.2 Å². The Morgan fingerprint density at radius 2 is 2.00 bits per heavy atom. The summed E-state index contributed by atoms with van der Waals surface area (Å²) in [5, 5.41) is 2.38. The zero-order valence-electron chi connectivity index (χ0n) is 10.1. The lowest BCUT2D eigenvalue weighted by Gasteiger charge is -2.08. The molecule has 1 aromatic carbocycles. The van der Waals surface area contributed by atoms with Crippen molar-refractivity contribution in [2.75, 3.05) is 5.32 Å². The minimum absolute atomic E-state index is 0.128. The Morgan fingerprint density at radius 3 is 2.56 bits per heavy atom. The van der Waals surface area contributed by atoms with E-state index in [0.717, 1.165) is 12.1 Å². The molecule has 18 heavy (non-hydrogen) atoms. The molecule has 0 aliphatic heterocycles. The molecule has 0 aliphatic carbocycles. The number of amides is 1. The van der Waals surface area contributed by atoms with E-state index in [2.05, 4.69) is 5.32 Å². The molecule has 2 nitrogen and oxygen atoms in total. The van der Waals surface area contributed by atoms with Gasteiger partial charge in [-0.15, -0.1) is 0 Å². The normalized spacial score (nSPS) is 12.1. The number of hydrogen-bond donors (Lipinski definition) is 1. The molecule has 1 rings (SSSR count). The number of allylic oxidation sites excluding steroid dienone is 1. The smallest absolute Gasteiger partial charge is 0.323 e. The van der Waals surface area contributed by atoms with E-state index in [9.17, 15) is 18.0 Å². The molecule has 0 atom stereocenters. The van der Waals surface area contributed by atoms with Crippen molar-refractivity contribution >= 4 is 11.6 Å². The first-order valence-corrected chi connectivity index (χ1v) is 5.45. The fraction of sp³-hybridized carbons (Fsp3) is 0.308. The van der Waals surface area contributed by atoms with Crippen molar-refractivity contribution in [2.24, 2.45) is 5.92 Å². The largest absolute Gasteiger partial charge is 0.416 e. The lowest BCUT2D eigenvalue weighted by molar-refractivity contribution is -0.137. The zero-order valence-corrected chi connectivity index (χ0v) is 10.1. The predicted molar refractivity (Wildman–Crippen MR) is 64.1 cm³/mol. The van der Waals surface area contributed by atoms with Crippen molar-refractivity contribution < 1.29 is 18.0 Å². The Balaban J connectivity index is 2.77. The van der Waals surface area contributed by atoms with E-state index in [-0.39, 0.29) is 11.6 Å².